The van der Waals surface area contributed by atoms with Crippen LogP contribution in [0, 0.1) is 0 Å². The van der Waals surface area contributed by atoms with Crippen molar-refractivity contribution >= 4 is 0 Å². The molecule has 3 nitrogen and oxygen atoms in total. The van der Waals surface area contributed by atoms with Crippen LogP contribution in [0.5, 0.6) is 0 Å². The third-order valence-electron chi connectivity index (χ3n) is 2.72. The Hall–Kier alpha value is -0.830. The lowest BCUT2D eigenvalue weighted by molar-refractivity contribution is 0.519. The molecular weight excluding hydrogens is 186 g/mol. The lowest BCUT2D eigenvalue weighted by Crippen LogP contribution is -2.18. The molecule has 0 aromatic carbocycles. The average molecular weight is 209 g/mol. The van der Waals surface area contributed by atoms with Gasteiger partial charge in [-0.3, -0.25) is 4.68 Å². The van der Waals surface area contributed by atoms with E-state index >= 15 is 0 Å². The average Bonchev–Trinajstić information content (AvgIpc) is 2.66. The van der Waals surface area contributed by atoms with E-state index in [1.165, 1.54) is 5.69 Å². The molecule has 0 saturated carbocycles. The van der Waals surface area contributed by atoms with Crippen LogP contribution < -0.4 is 5.73 Å². The van der Waals surface area contributed by atoms with Gasteiger partial charge in [0.1, 0.15) is 0 Å². The van der Waals surface area contributed by atoms with Gasteiger partial charge in [0, 0.05) is 18.3 Å². The second-order valence-corrected chi connectivity index (χ2v) is 4.44. The quantitative estimate of drug-likeness (QED) is 0.782. The summed E-state index contributed by atoms with van der Waals surface area (Å²) < 4.78 is 2.01. The lowest BCUT2D eigenvalue weighted by Gasteiger charge is -2.07. The molecule has 2 N–H and O–H groups in total. The first-order valence-electron chi connectivity index (χ1n) is 5.93. The van der Waals surface area contributed by atoms with Crippen LogP contribution in [-0.2, 0) is 6.42 Å². The molecule has 86 valence electrons. The molecule has 3 heteroatoms. The third-order valence-corrected chi connectivity index (χ3v) is 2.72. The van der Waals surface area contributed by atoms with Crippen LogP contribution >= 0.6 is 0 Å². The Bertz CT molecular complexity index is 278. The van der Waals surface area contributed by atoms with Gasteiger partial charge in [-0.05, 0) is 45.6 Å². The maximum absolute atomic E-state index is 5.86. The van der Waals surface area contributed by atoms with Crippen molar-refractivity contribution in [1.82, 2.24) is 9.78 Å². The fourth-order valence-corrected chi connectivity index (χ4v) is 1.55. The molecule has 0 amide bonds. The fourth-order valence-electron chi connectivity index (χ4n) is 1.55. The smallest absolute Gasteiger partial charge is 0.0624 e. The van der Waals surface area contributed by atoms with E-state index in [9.17, 15) is 0 Å². The molecule has 0 bridgehead atoms. The summed E-state index contributed by atoms with van der Waals surface area (Å²) in [5.74, 6) is 0. The normalized spacial score (nSPS) is 13.4. The summed E-state index contributed by atoms with van der Waals surface area (Å²) in [6, 6.07) is 2.92. The Morgan fingerprint density at radius 3 is 2.73 bits per heavy atom. The molecule has 0 fully saturated rings. The molecule has 1 atom stereocenters. The second kappa shape index (κ2) is 5.91. The highest BCUT2D eigenvalue weighted by Crippen LogP contribution is 2.08. The van der Waals surface area contributed by atoms with Gasteiger partial charge in [0.05, 0.1) is 5.69 Å². The zero-order valence-electron chi connectivity index (χ0n) is 10.1. The van der Waals surface area contributed by atoms with E-state index in [-0.39, 0.29) is 0 Å². The topological polar surface area (TPSA) is 43.8 Å². The zero-order valence-corrected chi connectivity index (χ0v) is 10.1. The van der Waals surface area contributed by atoms with E-state index in [4.69, 9.17) is 5.73 Å². The van der Waals surface area contributed by atoms with Gasteiger partial charge in [0.15, 0.2) is 0 Å². The van der Waals surface area contributed by atoms with Crippen molar-refractivity contribution in [3.05, 3.63) is 18.0 Å². The molecule has 0 saturated heterocycles. The minimum atomic E-state index is 0.359. The van der Waals surface area contributed by atoms with Crippen LogP contribution in [0.15, 0.2) is 12.3 Å². The molecule has 1 aromatic heterocycles. The number of aryl methyl sites for hydroxylation is 1. The lowest BCUT2D eigenvalue weighted by atomic mass is 10.1. The van der Waals surface area contributed by atoms with Crippen molar-refractivity contribution in [1.29, 1.82) is 0 Å². The SMILES string of the molecule is CCC(N)CCCc1ccn(C(C)C)n1. The Balaban J connectivity index is 2.31. The molecule has 1 heterocycles. The van der Waals surface area contributed by atoms with E-state index in [2.05, 4.69) is 38.1 Å². The summed E-state index contributed by atoms with van der Waals surface area (Å²) in [5.41, 5.74) is 7.05. The summed E-state index contributed by atoms with van der Waals surface area (Å²) in [6.07, 6.45) is 6.42. The van der Waals surface area contributed by atoms with Crippen molar-refractivity contribution in [3.63, 3.8) is 0 Å². The minimum absolute atomic E-state index is 0.359. The van der Waals surface area contributed by atoms with Gasteiger partial charge in [0.25, 0.3) is 0 Å². The molecular formula is C12H23N3. The monoisotopic (exact) mass is 209 g/mol. The van der Waals surface area contributed by atoms with Crippen molar-refractivity contribution in [2.45, 2.75) is 58.5 Å². The molecule has 0 aliphatic rings. The van der Waals surface area contributed by atoms with E-state index in [0.29, 0.717) is 12.1 Å². The number of aromatic nitrogens is 2. The number of hydrogen-bond acceptors (Lipinski definition) is 2. The summed E-state index contributed by atoms with van der Waals surface area (Å²) in [4.78, 5) is 0. The molecule has 1 aromatic rings. The van der Waals surface area contributed by atoms with Crippen LogP contribution in [0.2, 0.25) is 0 Å². The van der Waals surface area contributed by atoms with Gasteiger partial charge >= 0.3 is 0 Å². The van der Waals surface area contributed by atoms with E-state index in [1.807, 2.05) is 4.68 Å². The number of nitrogens with two attached hydrogens (primary N) is 1. The Labute approximate surface area is 92.7 Å². The highest BCUT2D eigenvalue weighted by Gasteiger charge is 2.03. The van der Waals surface area contributed by atoms with Crippen LogP contribution in [0.25, 0.3) is 0 Å². The largest absolute Gasteiger partial charge is 0.328 e. The van der Waals surface area contributed by atoms with Gasteiger partial charge in [-0.1, -0.05) is 6.92 Å². The van der Waals surface area contributed by atoms with Gasteiger partial charge in [0.2, 0.25) is 0 Å². The van der Waals surface area contributed by atoms with Crippen molar-refractivity contribution < 1.29 is 0 Å². The van der Waals surface area contributed by atoms with E-state index in [0.717, 1.165) is 25.7 Å². The molecule has 1 rings (SSSR count). The Morgan fingerprint density at radius 1 is 1.47 bits per heavy atom. The second-order valence-electron chi connectivity index (χ2n) is 4.44. The van der Waals surface area contributed by atoms with Crippen molar-refractivity contribution in [2.75, 3.05) is 0 Å². The summed E-state index contributed by atoms with van der Waals surface area (Å²) in [7, 11) is 0. The van der Waals surface area contributed by atoms with Gasteiger partial charge in [-0.2, -0.15) is 5.10 Å². The maximum atomic E-state index is 5.86. The van der Waals surface area contributed by atoms with Gasteiger partial charge < -0.3 is 5.73 Å². The first-order chi connectivity index (χ1) is 7.13. The van der Waals surface area contributed by atoms with Crippen molar-refractivity contribution in [2.24, 2.45) is 5.73 Å². The number of hydrogen-bond donors (Lipinski definition) is 1. The fraction of sp³-hybridized carbons (Fsp3) is 0.750. The molecule has 0 spiro atoms. The summed E-state index contributed by atoms with van der Waals surface area (Å²) in [5, 5.41) is 4.51. The molecule has 0 radical (unpaired) electrons. The number of nitrogens with zero attached hydrogens (tertiary/aromatic N) is 2. The highest BCUT2D eigenvalue weighted by molar-refractivity contribution is 4.99. The zero-order chi connectivity index (χ0) is 11.3. The highest BCUT2D eigenvalue weighted by atomic mass is 15.3. The third kappa shape index (κ3) is 4.04. The Morgan fingerprint density at radius 2 is 2.20 bits per heavy atom. The summed E-state index contributed by atoms with van der Waals surface area (Å²) >= 11 is 0. The van der Waals surface area contributed by atoms with Gasteiger partial charge in [-0.25, -0.2) is 0 Å². The van der Waals surface area contributed by atoms with Gasteiger partial charge in [-0.15, -0.1) is 0 Å². The van der Waals surface area contributed by atoms with Crippen molar-refractivity contribution in [3.8, 4) is 0 Å². The van der Waals surface area contributed by atoms with Crippen LogP contribution in [0.1, 0.15) is 51.8 Å². The number of rotatable bonds is 6. The standard InChI is InChI=1S/C12H23N3/c1-4-11(13)6-5-7-12-8-9-15(14-12)10(2)3/h8-11H,4-7,13H2,1-3H3. The van der Waals surface area contributed by atoms with E-state index < -0.39 is 0 Å². The predicted octanol–water partition coefficient (Wildman–Crippen LogP) is 2.52. The van der Waals surface area contributed by atoms with E-state index in [1.54, 1.807) is 0 Å². The molecule has 1 unspecified atom stereocenters. The maximum Gasteiger partial charge on any atom is 0.0624 e. The molecule has 0 aliphatic carbocycles. The predicted molar refractivity (Wildman–Crippen MR) is 63.8 cm³/mol. The first-order valence-corrected chi connectivity index (χ1v) is 5.93. The summed E-state index contributed by atoms with van der Waals surface area (Å²) in [6.45, 7) is 6.42. The van der Waals surface area contributed by atoms with Crippen LogP contribution in [0.3, 0.4) is 0 Å². The molecule has 0 aliphatic heterocycles. The first kappa shape index (κ1) is 12.2. The Kier molecular flexibility index (Phi) is 4.82. The minimum Gasteiger partial charge on any atom is -0.328 e. The molecule has 15 heavy (non-hydrogen) atoms. The van der Waals surface area contributed by atoms with Crippen LogP contribution in [0.4, 0.5) is 0 Å². The van der Waals surface area contributed by atoms with Crippen LogP contribution in [-0.4, -0.2) is 15.8 Å².